The number of fused-ring (bicyclic) bond motifs is 3. The number of methoxy groups -OCH3 is 1. The van der Waals surface area contributed by atoms with Crippen LogP contribution in [0.25, 0.3) is 0 Å². The van der Waals surface area contributed by atoms with Crippen LogP contribution in [-0.4, -0.2) is 18.6 Å². The van der Waals surface area contributed by atoms with Crippen molar-refractivity contribution in [3.8, 4) is 0 Å². The van der Waals surface area contributed by atoms with E-state index < -0.39 is 5.54 Å². The molecule has 1 aromatic rings. The number of rotatable bonds is 1. The summed E-state index contributed by atoms with van der Waals surface area (Å²) < 4.78 is 4.84. The van der Waals surface area contributed by atoms with Crippen LogP contribution in [0.1, 0.15) is 23.5 Å². The molecular weight excluding hydrogens is 226 g/mol. The van der Waals surface area contributed by atoms with Crippen molar-refractivity contribution in [1.82, 2.24) is 5.32 Å². The zero-order valence-corrected chi connectivity index (χ0v) is 9.67. The van der Waals surface area contributed by atoms with Crippen LogP contribution in [0.3, 0.4) is 0 Å². The minimum Gasteiger partial charge on any atom is -0.468 e. The van der Waals surface area contributed by atoms with Gasteiger partial charge < -0.3 is 4.74 Å². The van der Waals surface area contributed by atoms with Crippen molar-refractivity contribution in [1.29, 1.82) is 0 Å². The van der Waals surface area contributed by atoms with Crippen molar-refractivity contribution in [2.45, 2.75) is 24.4 Å². The summed E-state index contributed by atoms with van der Waals surface area (Å²) in [7, 11) is 1.43. The lowest BCUT2D eigenvalue weighted by molar-refractivity contribution is -0.144. The predicted octanol–water partition coefficient (Wildman–Crippen LogP) is 1.84. The molecule has 3 rings (SSSR count). The van der Waals surface area contributed by atoms with E-state index in [1.165, 1.54) is 12.7 Å². The molecule has 1 aliphatic heterocycles. The highest BCUT2D eigenvalue weighted by atomic mass is 35.5. The number of hydrogen-bond acceptors (Lipinski definition) is 3. The van der Waals surface area contributed by atoms with Crippen LogP contribution in [-0.2, 0) is 16.1 Å². The smallest absolute Gasteiger partial charge is 0.326 e. The number of esters is 1. The molecule has 1 aromatic carbocycles. The molecule has 1 fully saturated rings. The van der Waals surface area contributed by atoms with Crippen LogP contribution < -0.4 is 5.32 Å². The van der Waals surface area contributed by atoms with Crippen LogP contribution in [0.15, 0.2) is 18.2 Å². The molecule has 0 saturated heterocycles. The first kappa shape index (κ1) is 10.1. The maximum Gasteiger partial charge on any atom is 0.326 e. The zero-order chi connectivity index (χ0) is 11.3. The Labute approximate surface area is 98.7 Å². The summed E-state index contributed by atoms with van der Waals surface area (Å²) >= 11 is 6.19. The molecule has 1 aliphatic carbocycles. The lowest BCUT2D eigenvalue weighted by Gasteiger charge is -2.24. The summed E-state index contributed by atoms with van der Waals surface area (Å²) in [5.74, 6) is 0.000435. The molecule has 0 unspecified atom stereocenters. The summed E-state index contributed by atoms with van der Waals surface area (Å²) in [5, 5.41) is 4.03. The Balaban J connectivity index is 2.04. The topological polar surface area (TPSA) is 38.3 Å². The zero-order valence-electron chi connectivity index (χ0n) is 8.92. The van der Waals surface area contributed by atoms with Gasteiger partial charge in [0, 0.05) is 17.5 Å². The van der Waals surface area contributed by atoms with Crippen molar-refractivity contribution >= 4 is 17.6 Å². The lowest BCUT2D eigenvalue weighted by atomic mass is 9.96. The molecular formula is C12H12ClNO2. The molecule has 0 bridgehead atoms. The third kappa shape index (κ3) is 1.16. The van der Waals surface area contributed by atoms with Gasteiger partial charge in [-0.1, -0.05) is 23.7 Å². The van der Waals surface area contributed by atoms with Gasteiger partial charge in [0.1, 0.15) is 5.54 Å². The normalized spacial score (nSPS) is 30.2. The number of nitrogens with one attached hydrogen (secondary N) is 1. The van der Waals surface area contributed by atoms with E-state index in [2.05, 4.69) is 5.32 Å². The van der Waals surface area contributed by atoms with Crippen molar-refractivity contribution in [3.63, 3.8) is 0 Å². The molecule has 84 valence electrons. The minimum absolute atomic E-state index is 0.178. The van der Waals surface area contributed by atoms with Gasteiger partial charge in [-0.15, -0.1) is 0 Å². The summed E-state index contributed by atoms with van der Waals surface area (Å²) in [4.78, 5) is 11.7. The van der Waals surface area contributed by atoms with E-state index in [0.29, 0.717) is 6.54 Å². The number of carbonyl (C=O) groups is 1. The fourth-order valence-electron chi connectivity index (χ4n) is 2.67. The Morgan fingerprint density at radius 1 is 1.62 bits per heavy atom. The van der Waals surface area contributed by atoms with Crippen LogP contribution in [0.2, 0.25) is 5.02 Å². The molecule has 0 spiro atoms. The highest BCUT2D eigenvalue weighted by Gasteiger charge is 2.64. The summed E-state index contributed by atoms with van der Waals surface area (Å²) in [6.45, 7) is 0.682. The van der Waals surface area contributed by atoms with Crippen molar-refractivity contribution in [2.75, 3.05) is 7.11 Å². The van der Waals surface area contributed by atoms with Crippen LogP contribution >= 0.6 is 11.6 Å². The van der Waals surface area contributed by atoms with E-state index in [0.717, 1.165) is 17.0 Å². The van der Waals surface area contributed by atoms with Gasteiger partial charge in [0.25, 0.3) is 0 Å². The van der Waals surface area contributed by atoms with Crippen molar-refractivity contribution in [3.05, 3.63) is 34.3 Å². The average Bonchev–Trinajstić information content (AvgIpc) is 3.04. The van der Waals surface area contributed by atoms with Gasteiger partial charge in [0.05, 0.1) is 7.11 Å². The van der Waals surface area contributed by atoms with Crippen LogP contribution in [0, 0.1) is 0 Å². The van der Waals surface area contributed by atoms with E-state index in [1.807, 2.05) is 18.2 Å². The van der Waals surface area contributed by atoms with Crippen molar-refractivity contribution in [2.24, 2.45) is 0 Å². The molecule has 16 heavy (non-hydrogen) atoms. The maximum absolute atomic E-state index is 11.7. The van der Waals surface area contributed by atoms with Crippen LogP contribution in [0.4, 0.5) is 0 Å². The number of hydrogen-bond donors (Lipinski definition) is 1. The van der Waals surface area contributed by atoms with E-state index in [4.69, 9.17) is 16.3 Å². The maximum atomic E-state index is 11.7. The highest BCUT2D eigenvalue weighted by Crippen LogP contribution is 2.57. The number of carbonyl (C=O) groups excluding carboxylic acids is 1. The van der Waals surface area contributed by atoms with Gasteiger partial charge in [-0.25, -0.2) is 0 Å². The van der Waals surface area contributed by atoms with Gasteiger partial charge in [0.15, 0.2) is 0 Å². The molecule has 0 aromatic heterocycles. The van der Waals surface area contributed by atoms with E-state index in [9.17, 15) is 4.79 Å². The number of halogens is 1. The first-order chi connectivity index (χ1) is 7.69. The highest BCUT2D eigenvalue weighted by molar-refractivity contribution is 6.31. The first-order valence-electron chi connectivity index (χ1n) is 5.30. The monoisotopic (exact) mass is 237 g/mol. The summed E-state index contributed by atoms with van der Waals surface area (Å²) in [5.41, 5.74) is 1.80. The third-order valence-electron chi connectivity index (χ3n) is 3.60. The molecule has 1 saturated carbocycles. The van der Waals surface area contributed by atoms with E-state index >= 15 is 0 Å². The largest absolute Gasteiger partial charge is 0.468 e. The van der Waals surface area contributed by atoms with Gasteiger partial charge in [-0.2, -0.15) is 0 Å². The standard InChI is InChI=1S/C12H12ClNO2/c1-16-11(15)12-5-8(12)10-7(6-14-12)3-2-4-9(10)13/h2-4,8,14H,5-6H2,1H3/t8-,12+/m0/s1. The number of ether oxygens (including phenoxy) is 1. The Kier molecular flexibility index (Phi) is 2.03. The van der Waals surface area contributed by atoms with E-state index in [-0.39, 0.29) is 11.9 Å². The van der Waals surface area contributed by atoms with Gasteiger partial charge in [-0.05, 0) is 23.6 Å². The number of benzene rings is 1. The Morgan fingerprint density at radius 3 is 3.19 bits per heavy atom. The molecule has 3 nitrogen and oxygen atoms in total. The SMILES string of the molecule is COC(=O)[C@@]12C[C@H]1c1c(Cl)cccc1CN2. The molecule has 0 radical (unpaired) electrons. The van der Waals surface area contributed by atoms with Crippen LogP contribution in [0.5, 0.6) is 0 Å². The summed E-state index contributed by atoms with van der Waals surface area (Å²) in [6, 6.07) is 5.87. The fraction of sp³-hybridized carbons (Fsp3) is 0.417. The minimum atomic E-state index is -0.507. The Bertz CT molecular complexity index is 474. The second-order valence-electron chi connectivity index (χ2n) is 4.39. The van der Waals surface area contributed by atoms with Gasteiger partial charge >= 0.3 is 5.97 Å². The third-order valence-corrected chi connectivity index (χ3v) is 3.93. The fourth-order valence-corrected chi connectivity index (χ4v) is 2.99. The second-order valence-corrected chi connectivity index (χ2v) is 4.79. The molecule has 1 N–H and O–H groups in total. The Morgan fingerprint density at radius 2 is 2.44 bits per heavy atom. The lowest BCUT2D eigenvalue weighted by Crippen LogP contribution is -2.43. The quantitative estimate of drug-likeness (QED) is 0.758. The molecule has 0 amide bonds. The molecule has 1 heterocycles. The van der Waals surface area contributed by atoms with Gasteiger partial charge in [-0.3, -0.25) is 10.1 Å². The Hall–Kier alpha value is -1.06. The first-order valence-corrected chi connectivity index (χ1v) is 5.67. The molecule has 2 aliphatic rings. The summed E-state index contributed by atoms with van der Waals surface area (Å²) in [6.07, 6.45) is 0.788. The average molecular weight is 238 g/mol. The second kappa shape index (κ2) is 3.22. The van der Waals surface area contributed by atoms with Gasteiger partial charge in [0.2, 0.25) is 0 Å². The predicted molar refractivity (Wildman–Crippen MR) is 60.4 cm³/mol. The molecule has 2 atom stereocenters. The van der Waals surface area contributed by atoms with Crippen molar-refractivity contribution < 1.29 is 9.53 Å². The van der Waals surface area contributed by atoms with E-state index in [1.54, 1.807) is 0 Å². The molecule has 4 heteroatoms.